The van der Waals surface area contributed by atoms with Crippen LogP contribution in [-0.2, 0) is 4.74 Å². The molecule has 0 aromatic carbocycles. The quantitative estimate of drug-likeness (QED) is 0.470. The second-order valence-corrected chi connectivity index (χ2v) is 4.61. The van der Waals surface area contributed by atoms with Gasteiger partial charge in [-0.3, -0.25) is 0 Å². The van der Waals surface area contributed by atoms with Crippen LogP contribution in [-0.4, -0.2) is 24.7 Å². The Bertz CT molecular complexity index is 120. The number of terminal acetylenes is 1. The van der Waals surface area contributed by atoms with Gasteiger partial charge in [0, 0.05) is 5.75 Å². The van der Waals surface area contributed by atoms with Crippen LogP contribution in [0.4, 0.5) is 0 Å². The van der Waals surface area contributed by atoms with Gasteiger partial charge < -0.3 is 4.74 Å². The van der Waals surface area contributed by atoms with Crippen LogP contribution in [0.1, 0.15) is 13.3 Å². The lowest BCUT2D eigenvalue weighted by Gasteiger charge is -2.12. The molecule has 0 heterocycles. The molecule has 0 N–H and O–H groups in total. The van der Waals surface area contributed by atoms with Gasteiger partial charge in [0.1, 0.15) is 6.61 Å². The molecule has 0 rings (SSSR count). The van der Waals surface area contributed by atoms with E-state index in [9.17, 15) is 0 Å². The standard InChI is InChI=1S/C8H14OS2/c1-4-6-9-8(5-2)7-11-10-3/h1,8H,5-7H2,2-3H3/t8-/m0/s1. The molecule has 0 unspecified atom stereocenters. The van der Waals surface area contributed by atoms with Gasteiger partial charge >= 0.3 is 0 Å². The molecule has 0 aromatic heterocycles. The van der Waals surface area contributed by atoms with Gasteiger partial charge in [0.05, 0.1) is 6.10 Å². The summed E-state index contributed by atoms with van der Waals surface area (Å²) in [6.45, 7) is 2.55. The van der Waals surface area contributed by atoms with Crippen LogP contribution in [0.25, 0.3) is 0 Å². The summed E-state index contributed by atoms with van der Waals surface area (Å²) < 4.78 is 5.37. The van der Waals surface area contributed by atoms with Crippen LogP contribution >= 0.6 is 21.6 Å². The molecule has 0 spiro atoms. The third-order valence-corrected chi connectivity index (χ3v) is 3.09. The van der Waals surface area contributed by atoms with Gasteiger partial charge in [-0.1, -0.05) is 34.4 Å². The predicted molar refractivity (Wildman–Crippen MR) is 54.8 cm³/mol. The lowest BCUT2D eigenvalue weighted by Crippen LogP contribution is -2.14. The maximum atomic E-state index is 5.37. The van der Waals surface area contributed by atoms with Crippen molar-refractivity contribution >= 4 is 21.6 Å². The van der Waals surface area contributed by atoms with Crippen molar-refractivity contribution in [3.63, 3.8) is 0 Å². The van der Waals surface area contributed by atoms with Crippen LogP contribution in [0.2, 0.25) is 0 Å². The first-order chi connectivity index (χ1) is 5.35. The zero-order valence-electron chi connectivity index (χ0n) is 7.00. The van der Waals surface area contributed by atoms with Crippen molar-refractivity contribution in [1.29, 1.82) is 0 Å². The number of rotatable bonds is 6. The number of ether oxygens (including phenoxy) is 1. The summed E-state index contributed by atoms with van der Waals surface area (Å²) in [5, 5.41) is 0. The fourth-order valence-corrected chi connectivity index (χ4v) is 2.08. The lowest BCUT2D eigenvalue weighted by atomic mass is 10.3. The van der Waals surface area contributed by atoms with Crippen LogP contribution in [0.15, 0.2) is 0 Å². The van der Waals surface area contributed by atoms with Gasteiger partial charge in [0.25, 0.3) is 0 Å². The number of hydrogen-bond donors (Lipinski definition) is 0. The van der Waals surface area contributed by atoms with Crippen molar-refractivity contribution in [3.05, 3.63) is 0 Å². The molecule has 3 heteroatoms. The minimum atomic E-state index is 0.323. The molecule has 0 radical (unpaired) electrons. The van der Waals surface area contributed by atoms with E-state index in [1.165, 1.54) is 0 Å². The fraction of sp³-hybridized carbons (Fsp3) is 0.750. The SMILES string of the molecule is C#CCO[C@@H](CC)CSSC. The van der Waals surface area contributed by atoms with Crippen molar-refractivity contribution in [3.8, 4) is 12.3 Å². The average Bonchev–Trinajstić information content (AvgIpc) is 2.05. The first-order valence-corrected chi connectivity index (χ1v) is 6.28. The maximum absolute atomic E-state index is 5.37. The van der Waals surface area contributed by atoms with Gasteiger partial charge in [-0.05, 0) is 12.7 Å². The topological polar surface area (TPSA) is 9.23 Å². The highest BCUT2D eigenvalue weighted by molar-refractivity contribution is 8.76. The van der Waals surface area contributed by atoms with Crippen LogP contribution in [0.3, 0.4) is 0 Å². The molecule has 11 heavy (non-hydrogen) atoms. The third kappa shape index (κ3) is 6.61. The fourth-order valence-electron chi connectivity index (χ4n) is 0.594. The molecule has 0 aliphatic rings. The molecule has 0 aliphatic carbocycles. The zero-order valence-corrected chi connectivity index (χ0v) is 8.63. The van der Waals surface area contributed by atoms with Gasteiger partial charge in [0.15, 0.2) is 0 Å². The Hall–Kier alpha value is 0.220. The molecular weight excluding hydrogens is 176 g/mol. The van der Waals surface area contributed by atoms with Crippen LogP contribution < -0.4 is 0 Å². The molecule has 0 saturated heterocycles. The van der Waals surface area contributed by atoms with E-state index in [1.54, 1.807) is 10.8 Å². The lowest BCUT2D eigenvalue weighted by molar-refractivity contribution is 0.0933. The van der Waals surface area contributed by atoms with Crippen molar-refractivity contribution in [2.45, 2.75) is 19.4 Å². The van der Waals surface area contributed by atoms with Crippen LogP contribution in [0, 0.1) is 12.3 Å². The van der Waals surface area contributed by atoms with Gasteiger partial charge in [-0.15, -0.1) is 6.42 Å². The summed E-state index contributed by atoms with van der Waals surface area (Å²) in [5.74, 6) is 3.50. The molecule has 0 amide bonds. The molecule has 0 aromatic rings. The Labute approximate surface area is 77.1 Å². The van der Waals surface area contributed by atoms with Gasteiger partial charge in [-0.25, -0.2) is 0 Å². The molecule has 1 nitrogen and oxygen atoms in total. The summed E-state index contributed by atoms with van der Waals surface area (Å²) >= 11 is 0. The van der Waals surface area contributed by atoms with Gasteiger partial charge in [-0.2, -0.15) is 0 Å². The number of hydrogen-bond acceptors (Lipinski definition) is 3. The minimum absolute atomic E-state index is 0.323. The summed E-state index contributed by atoms with van der Waals surface area (Å²) in [7, 11) is 3.58. The predicted octanol–water partition coefficient (Wildman–Crippen LogP) is 2.43. The largest absolute Gasteiger partial charge is 0.365 e. The minimum Gasteiger partial charge on any atom is -0.365 e. The Morgan fingerprint density at radius 2 is 2.36 bits per heavy atom. The van der Waals surface area contributed by atoms with Gasteiger partial charge in [0.2, 0.25) is 0 Å². The molecule has 0 saturated carbocycles. The van der Waals surface area contributed by atoms with Crippen molar-refractivity contribution in [2.75, 3.05) is 18.6 Å². The van der Waals surface area contributed by atoms with Crippen LogP contribution in [0.5, 0.6) is 0 Å². The average molecular weight is 190 g/mol. The first kappa shape index (κ1) is 11.2. The van der Waals surface area contributed by atoms with E-state index in [0.29, 0.717) is 12.7 Å². The van der Waals surface area contributed by atoms with Crippen molar-refractivity contribution < 1.29 is 4.74 Å². The van der Waals surface area contributed by atoms with E-state index in [4.69, 9.17) is 11.2 Å². The summed E-state index contributed by atoms with van der Waals surface area (Å²) in [6.07, 6.45) is 8.50. The van der Waals surface area contributed by atoms with Crippen molar-refractivity contribution in [1.82, 2.24) is 0 Å². The normalized spacial score (nSPS) is 12.5. The summed E-state index contributed by atoms with van der Waals surface area (Å²) in [4.78, 5) is 0. The second kappa shape index (κ2) is 8.32. The highest BCUT2D eigenvalue weighted by Crippen LogP contribution is 2.19. The Balaban J connectivity index is 3.34. The van der Waals surface area contributed by atoms with E-state index in [2.05, 4.69) is 19.1 Å². The smallest absolute Gasteiger partial charge is 0.107 e. The molecule has 1 atom stereocenters. The highest BCUT2D eigenvalue weighted by Gasteiger charge is 2.04. The molecule has 64 valence electrons. The van der Waals surface area contributed by atoms with E-state index < -0.39 is 0 Å². The zero-order chi connectivity index (χ0) is 8.53. The second-order valence-electron chi connectivity index (χ2n) is 2.00. The maximum Gasteiger partial charge on any atom is 0.107 e. The molecule has 0 fully saturated rings. The van der Waals surface area contributed by atoms with E-state index >= 15 is 0 Å². The monoisotopic (exact) mass is 190 g/mol. The van der Waals surface area contributed by atoms with E-state index in [1.807, 2.05) is 10.8 Å². The highest BCUT2D eigenvalue weighted by atomic mass is 33.1. The summed E-state index contributed by atoms with van der Waals surface area (Å²) in [6, 6.07) is 0. The van der Waals surface area contributed by atoms with Crippen molar-refractivity contribution in [2.24, 2.45) is 0 Å². The Kier molecular flexibility index (Phi) is 8.48. The third-order valence-electron chi connectivity index (χ3n) is 1.23. The Morgan fingerprint density at radius 1 is 1.64 bits per heavy atom. The Morgan fingerprint density at radius 3 is 2.82 bits per heavy atom. The summed E-state index contributed by atoms with van der Waals surface area (Å²) in [5.41, 5.74) is 0. The van der Waals surface area contributed by atoms with E-state index in [0.717, 1.165) is 12.2 Å². The molecular formula is C8H14OS2. The molecule has 0 aliphatic heterocycles. The van der Waals surface area contributed by atoms with E-state index in [-0.39, 0.29) is 0 Å². The first-order valence-electron chi connectivity index (χ1n) is 3.55. The molecule has 0 bridgehead atoms.